The molecule has 2 heterocycles. The van der Waals surface area contributed by atoms with E-state index in [-0.39, 0.29) is 0 Å². The van der Waals surface area contributed by atoms with Crippen LogP contribution in [0.2, 0.25) is 0 Å². The molecule has 19 heavy (non-hydrogen) atoms. The van der Waals surface area contributed by atoms with Gasteiger partial charge in [-0.15, -0.1) is 0 Å². The lowest BCUT2D eigenvalue weighted by atomic mass is 9.95. The van der Waals surface area contributed by atoms with E-state index in [1.807, 2.05) is 13.1 Å². The van der Waals surface area contributed by atoms with E-state index in [4.69, 9.17) is 9.47 Å². The molecule has 1 fully saturated rings. The fourth-order valence-electron chi connectivity index (χ4n) is 2.56. The van der Waals surface area contributed by atoms with E-state index in [2.05, 4.69) is 23.3 Å². The van der Waals surface area contributed by atoms with Crippen molar-refractivity contribution in [3.63, 3.8) is 0 Å². The summed E-state index contributed by atoms with van der Waals surface area (Å²) in [5.74, 6) is 1.50. The summed E-state index contributed by atoms with van der Waals surface area (Å²) in [6.45, 7) is 7.55. The average molecular weight is 264 g/mol. The Hall–Kier alpha value is -1.13. The zero-order valence-electron chi connectivity index (χ0n) is 11.9. The Morgan fingerprint density at radius 1 is 1.47 bits per heavy atom. The first-order valence-corrected chi connectivity index (χ1v) is 7.22. The minimum absolute atomic E-state index is 0.338. The molecule has 0 aliphatic carbocycles. The fraction of sp³-hybridized carbons (Fsp3) is 0.667. The van der Waals surface area contributed by atoms with Crippen LogP contribution in [0.15, 0.2) is 18.5 Å². The van der Waals surface area contributed by atoms with Crippen LogP contribution in [0.25, 0.3) is 0 Å². The quantitative estimate of drug-likeness (QED) is 0.822. The van der Waals surface area contributed by atoms with Crippen LogP contribution < -0.4 is 10.1 Å². The second-order valence-electron chi connectivity index (χ2n) is 4.96. The van der Waals surface area contributed by atoms with Crippen LogP contribution in [-0.4, -0.2) is 31.3 Å². The van der Waals surface area contributed by atoms with E-state index >= 15 is 0 Å². The van der Waals surface area contributed by atoms with Crippen molar-refractivity contribution in [2.75, 3.05) is 26.4 Å². The number of nitrogens with one attached hydrogen (secondary N) is 1. The van der Waals surface area contributed by atoms with Crippen LogP contribution in [0, 0.1) is 5.92 Å². The third-order valence-corrected chi connectivity index (χ3v) is 3.49. The number of ether oxygens (including phenoxy) is 2. The Morgan fingerprint density at radius 2 is 2.37 bits per heavy atom. The molecule has 0 bridgehead atoms. The maximum Gasteiger partial charge on any atom is 0.137 e. The Balaban J connectivity index is 2.05. The molecule has 0 spiro atoms. The van der Waals surface area contributed by atoms with Gasteiger partial charge in [0.2, 0.25) is 0 Å². The van der Waals surface area contributed by atoms with Gasteiger partial charge in [-0.2, -0.15) is 0 Å². The molecule has 2 rings (SSSR count). The second kappa shape index (κ2) is 7.46. The summed E-state index contributed by atoms with van der Waals surface area (Å²) < 4.78 is 11.0. The van der Waals surface area contributed by atoms with Crippen LogP contribution in [0.3, 0.4) is 0 Å². The topological polar surface area (TPSA) is 43.4 Å². The minimum atomic E-state index is 0.338. The maximum atomic E-state index is 5.53. The number of hydrogen-bond donors (Lipinski definition) is 1. The Labute approximate surface area is 115 Å². The zero-order valence-corrected chi connectivity index (χ0v) is 11.9. The largest absolute Gasteiger partial charge is 0.492 e. The summed E-state index contributed by atoms with van der Waals surface area (Å²) in [4.78, 5) is 4.28. The van der Waals surface area contributed by atoms with Gasteiger partial charge in [0.25, 0.3) is 0 Å². The molecule has 1 aromatic heterocycles. The standard InChI is InChI=1S/C15H24N2O2/c1-3-17-15(7-12-5-6-18-11-12)13-8-14(19-4-2)10-16-9-13/h8-10,12,15,17H,3-7,11H2,1-2H3. The van der Waals surface area contributed by atoms with Crippen molar-refractivity contribution in [3.8, 4) is 5.75 Å². The fourth-order valence-corrected chi connectivity index (χ4v) is 2.56. The molecule has 1 aliphatic rings. The van der Waals surface area contributed by atoms with Crippen LogP contribution in [0.5, 0.6) is 5.75 Å². The predicted molar refractivity (Wildman–Crippen MR) is 75.4 cm³/mol. The molecule has 1 aliphatic heterocycles. The summed E-state index contributed by atoms with van der Waals surface area (Å²) in [6, 6.07) is 2.43. The smallest absolute Gasteiger partial charge is 0.137 e. The molecular weight excluding hydrogens is 240 g/mol. The predicted octanol–water partition coefficient (Wildman–Crippen LogP) is 2.56. The summed E-state index contributed by atoms with van der Waals surface area (Å²) in [5.41, 5.74) is 1.21. The molecule has 106 valence electrons. The molecule has 1 aromatic rings. The minimum Gasteiger partial charge on any atom is -0.492 e. The third kappa shape index (κ3) is 4.18. The van der Waals surface area contributed by atoms with Crippen molar-refractivity contribution >= 4 is 0 Å². The first-order chi connectivity index (χ1) is 9.33. The summed E-state index contributed by atoms with van der Waals surface area (Å²) >= 11 is 0. The monoisotopic (exact) mass is 264 g/mol. The van der Waals surface area contributed by atoms with E-state index in [9.17, 15) is 0 Å². The van der Waals surface area contributed by atoms with Crippen LogP contribution >= 0.6 is 0 Å². The van der Waals surface area contributed by atoms with Gasteiger partial charge in [0.05, 0.1) is 12.8 Å². The highest BCUT2D eigenvalue weighted by atomic mass is 16.5. The van der Waals surface area contributed by atoms with Gasteiger partial charge in [0, 0.05) is 25.5 Å². The lowest BCUT2D eigenvalue weighted by Gasteiger charge is -2.21. The highest BCUT2D eigenvalue weighted by Gasteiger charge is 2.21. The molecule has 0 amide bonds. The van der Waals surface area contributed by atoms with Crippen molar-refractivity contribution in [2.45, 2.75) is 32.7 Å². The Kier molecular flexibility index (Phi) is 5.61. The Morgan fingerprint density at radius 3 is 3.05 bits per heavy atom. The van der Waals surface area contributed by atoms with E-state index in [0.717, 1.165) is 31.9 Å². The molecule has 1 N–H and O–H groups in total. The molecule has 2 unspecified atom stereocenters. The molecule has 0 radical (unpaired) electrons. The van der Waals surface area contributed by atoms with Gasteiger partial charge in [-0.1, -0.05) is 6.92 Å². The number of rotatable bonds is 7. The van der Waals surface area contributed by atoms with Gasteiger partial charge in [-0.05, 0) is 43.9 Å². The number of hydrogen-bond acceptors (Lipinski definition) is 4. The van der Waals surface area contributed by atoms with Crippen molar-refractivity contribution in [1.29, 1.82) is 0 Å². The lowest BCUT2D eigenvalue weighted by molar-refractivity contribution is 0.181. The molecule has 2 atom stereocenters. The van der Waals surface area contributed by atoms with Gasteiger partial charge in [-0.25, -0.2) is 0 Å². The van der Waals surface area contributed by atoms with E-state index in [1.54, 1.807) is 6.20 Å². The van der Waals surface area contributed by atoms with Crippen molar-refractivity contribution < 1.29 is 9.47 Å². The van der Waals surface area contributed by atoms with Crippen LogP contribution in [-0.2, 0) is 4.74 Å². The summed E-state index contributed by atoms with van der Waals surface area (Å²) in [5, 5.41) is 3.54. The number of pyridine rings is 1. The third-order valence-electron chi connectivity index (χ3n) is 3.49. The van der Waals surface area contributed by atoms with E-state index in [0.29, 0.717) is 18.6 Å². The lowest BCUT2D eigenvalue weighted by Crippen LogP contribution is -2.24. The molecule has 1 saturated heterocycles. The highest BCUT2D eigenvalue weighted by molar-refractivity contribution is 5.26. The van der Waals surface area contributed by atoms with Crippen molar-refractivity contribution in [1.82, 2.24) is 10.3 Å². The number of nitrogens with zero attached hydrogens (tertiary/aromatic N) is 1. The first-order valence-electron chi connectivity index (χ1n) is 7.22. The maximum absolute atomic E-state index is 5.53. The van der Waals surface area contributed by atoms with Crippen LogP contribution in [0.1, 0.15) is 38.3 Å². The summed E-state index contributed by atoms with van der Waals surface area (Å²) in [6.07, 6.45) is 5.98. The molecular formula is C15H24N2O2. The normalized spacial score (nSPS) is 20.4. The molecule has 0 saturated carbocycles. The average Bonchev–Trinajstić information content (AvgIpc) is 2.92. The van der Waals surface area contributed by atoms with Gasteiger partial charge >= 0.3 is 0 Å². The van der Waals surface area contributed by atoms with E-state index in [1.165, 1.54) is 12.0 Å². The van der Waals surface area contributed by atoms with Crippen molar-refractivity contribution in [3.05, 3.63) is 24.0 Å². The number of aromatic nitrogens is 1. The first kappa shape index (κ1) is 14.3. The van der Waals surface area contributed by atoms with Crippen molar-refractivity contribution in [2.24, 2.45) is 5.92 Å². The van der Waals surface area contributed by atoms with Gasteiger partial charge < -0.3 is 14.8 Å². The molecule has 0 aromatic carbocycles. The highest BCUT2D eigenvalue weighted by Crippen LogP contribution is 2.27. The SMILES string of the molecule is CCNC(CC1CCOC1)c1cncc(OCC)c1. The summed E-state index contributed by atoms with van der Waals surface area (Å²) in [7, 11) is 0. The van der Waals surface area contributed by atoms with Gasteiger partial charge in [0.1, 0.15) is 5.75 Å². The van der Waals surface area contributed by atoms with Gasteiger partial charge in [-0.3, -0.25) is 4.98 Å². The molecule has 4 heteroatoms. The van der Waals surface area contributed by atoms with Gasteiger partial charge in [0.15, 0.2) is 0 Å². The second-order valence-corrected chi connectivity index (χ2v) is 4.96. The molecule has 4 nitrogen and oxygen atoms in total. The van der Waals surface area contributed by atoms with Crippen LogP contribution in [0.4, 0.5) is 0 Å². The zero-order chi connectivity index (χ0) is 13.5. The Bertz CT molecular complexity index is 378. The van der Waals surface area contributed by atoms with E-state index < -0.39 is 0 Å².